The highest BCUT2D eigenvalue weighted by atomic mass is 16.3. The zero-order valence-electron chi connectivity index (χ0n) is 25.1. The summed E-state index contributed by atoms with van der Waals surface area (Å²) in [6, 6.07) is 62.6. The van der Waals surface area contributed by atoms with Gasteiger partial charge in [-0.15, -0.1) is 0 Å². The molecule has 0 bridgehead atoms. The predicted octanol–water partition coefficient (Wildman–Crippen LogP) is 12.7. The third kappa shape index (κ3) is 4.27. The first-order chi connectivity index (χ1) is 22.8. The Morgan fingerprint density at radius 1 is 0.370 bits per heavy atom. The SMILES string of the molecule is c1ccc(N(c2ccc(-c3cccc4ccccc34)cc2)c2ccccc2-c2cccc3oc4c5ccccc5ccc4c23)cc1. The van der Waals surface area contributed by atoms with Crippen molar-refractivity contribution < 1.29 is 4.42 Å². The van der Waals surface area contributed by atoms with Crippen molar-refractivity contribution in [1.82, 2.24) is 0 Å². The minimum Gasteiger partial charge on any atom is -0.455 e. The Morgan fingerprint density at radius 3 is 1.83 bits per heavy atom. The molecule has 1 aromatic heterocycles. The smallest absolute Gasteiger partial charge is 0.143 e. The molecular formula is C44H29NO. The van der Waals surface area contributed by atoms with Crippen LogP contribution in [0.1, 0.15) is 0 Å². The van der Waals surface area contributed by atoms with Gasteiger partial charge in [-0.1, -0.05) is 133 Å². The van der Waals surface area contributed by atoms with Crippen LogP contribution in [0.15, 0.2) is 180 Å². The van der Waals surface area contributed by atoms with E-state index < -0.39 is 0 Å². The summed E-state index contributed by atoms with van der Waals surface area (Å²) in [5, 5.41) is 7.08. The Hall–Kier alpha value is -6.12. The average Bonchev–Trinajstić information content (AvgIpc) is 3.52. The molecule has 0 radical (unpaired) electrons. The molecule has 216 valence electrons. The van der Waals surface area contributed by atoms with Gasteiger partial charge in [0.15, 0.2) is 0 Å². The maximum absolute atomic E-state index is 6.57. The van der Waals surface area contributed by atoms with Crippen LogP contribution in [0.2, 0.25) is 0 Å². The molecule has 0 saturated heterocycles. The summed E-state index contributed by atoms with van der Waals surface area (Å²) in [7, 11) is 0. The molecule has 1 heterocycles. The fraction of sp³-hybridized carbons (Fsp3) is 0. The second-order valence-corrected chi connectivity index (χ2v) is 11.7. The first-order valence-corrected chi connectivity index (χ1v) is 15.7. The highest BCUT2D eigenvalue weighted by Gasteiger charge is 2.21. The van der Waals surface area contributed by atoms with Gasteiger partial charge in [0.2, 0.25) is 0 Å². The van der Waals surface area contributed by atoms with Crippen LogP contribution in [0.25, 0.3) is 65.7 Å². The lowest BCUT2D eigenvalue weighted by Crippen LogP contribution is -2.11. The number of benzene rings is 8. The van der Waals surface area contributed by atoms with Gasteiger partial charge in [0.05, 0.1) is 5.69 Å². The predicted molar refractivity (Wildman–Crippen MR) is 194 cm³/mol. The van der Waals surface area contributed by atoms with E-state index in [9.17, 15) is 0 Å². The lowest BCUT2D eigenvalue weighted by molar-refractivity contribution is 0.673. The minimum absolute atomic E-state index is 0.893. The van der Waals surface area contributed by atoms with E-state index >= 15 is 0 Å². The molecule has 0 saturated carbocycles. The zero-order chi connectivity index (χ0) is 30.5. The molecule has 0 aliphatic heterocycles. The molecule has 0 N–H and O–H groups in total. The highest BCUT2D eigenvalue weighted by Crippen LogP contribution is 2.45. The van der Waals surface area contributed by atoms with Crippen LogP contribution in [-0.2, 0) is 0 Å². The molecule has 0 aliphatic carbocycles. The second-order valence-electron chi connectivity index (χ2n) is 11.7. The zero-order valence-corrected chi connectivity index (χ0v) is 25.1. The highest BCUT2D eigenvalue weighted by molar-refractivity contribution is 6.19. The third-order valence-corrected chi connectivity index (χ3v) is 9.06. The van der Waals surface area contributed by atoms with Gasteiger partial charge >= 0.3 is 0 Å². The fourth-order valence-corrected chi connectivity index (χ4v) is 6.95. The number of hydrogen-bond acceptors (Lipinski definition) is 2. The van der Waals surface area contributed by atoms with Crippen molar-refractivity contribution in [3.8, 4) is 22.3 Å². The number of hydrogen-bond donors (Lipinski definition) is 0. The molecule has 9 aromatic rings. The van der Waals surface area contributed by atoms with E-state index in [2.05, 4.69) is 181 Å². The molecule has 0 unspecified atom stereocenters. The summed E-state index contributed by atoms with van der Waals surface area (Å²) in [4.78, 5) is 2.36. The van der Waals surface area contributed by atoms with Crippen LogP contribution < -0.4 is 4.90 Å². The van der Waals surface area contributed by atoms with Crippen molar-refractivity contribution in [1.29, 1.82) is 0 Å². The van der Waals surface area contributed by atoms with E-state index in [1.807, 2.05) is 0 Å². The number of para-hydroxylation sites is 2. The first kappa shape index (κ1) is 26.3. The van der Waals surface area contributed by atoms with E-state index in [1.165, 1.54) is 27.3 Å². The molecular weight excluding hydrogens is 558 g/mol. The third-order valence-electron chi connectivity index (χ3n) is 9.06. The van der Waals surface area contributed by atoms with Crippen LogP contribution in [0.5, 0.6) is 0 Å². The van der Waals surface area contributed by atoms with E-state index in [1.54, 1.807) is 0 Å². The summed E-state index contributed by atoms with van der Waals surface area (Å²) in [6.07, 6.45) is 0. The van der Waals surface area contributed by atoms with E-state index in [-0.39, 0.29) is 0 Å². The number of furan rings is 1. The Balaban J connectivity index is 1.23. The van der Waals surface area contributed by atoms with Gasteiger partial charge < -0.3 is 9.32 Å². The number of anilines is 3. The van der Waals surface area contributed by atoms with Crippen molar-refractivity contribution in [2.75, 3.05) is 4.90 Å². The second kappa shape index (κ2) is 10.8. The minimum atomic E-state index is 0.893. The van der Waals surface area contributed by atoms with Crippen molar-refractivity contribution in [2.45, 2.75) is 0 Å². The molecule has 46 heavy (non-hydrogen) atoms. The van der Waals surface area contributed by atoms with Gasteiger partial charge in [0.25, 0.3) is 0 Å². The van der Waals surface area contributed by atoms with Gasteiger partial charge in [-0.25, -0.2) is 0 Å². The standard InChI is InChI=1S/C44H29NO/c1-2-15-33(16-3-1)45(34-27-24-32(25-28-34)36-20-10-14-30-12-4-6-17-35(30)36)41-22-9-8-19-38(41)39-21-11-23-42-43(39)40-29-26-31-13-5-7-18-37(31)44(40)46-42/h1-29H. The first-order valence-electron chi connectivity index (χ1n) is 15.7. The maximum Gasteiger partial charge on any atom is 0.143 e. The lowest BCUT2D eigenvalue weighted by Gasteiger charge is -2.28. The van der Waals surface area contributed by atoms with Gasteiger partial charge in [0.1, 0.15) is 11.2 Å². The molecule has 2 heteroatoms. The molecule has 8 aromatic carbocycles. The molecule has 9 rings (SSSR count). The molecule has 0 spiro atoms. The van der Waals surface area contributed by atoms with Crippen molar-refractivity contribution in [3.63, 3.8) is 0 Å². The Bertz CT molecular complexity index is 2520. The Morgan fingerprint density at radius 2 is 0.978 bits per heavy atom. The molecule has 0 fully saturated rings. The van der Waals surface area contributed by atoms with Crippen LogP contribution >= 0.6 is 0 Å². The molecule has 0 aliphatic rings. The normalized spacial score (nSPS) is 11.5. The largest absolute Gasteiger partial charge is 0.455 e. The van der Waals surface area contributed by atoms with Gasteiger partial charge in [-0.05, 0) is 75.3 Å². The number of fused-ring (bicyclic) bond motifs is 6. The lowest BCUT2D eigenvalue weighted by atomic mass is 9.95. The van der Waals surface area contributed by atoms with Crippen molar-refractivity contribution >= 4 is 60.5 Å². The quantitative estimate of drug-likeness (QED) is 0.199. The maximum atomic E-state index is 6.57. The number of nitrogens with zero attached hydrogens (tertiary/aromatic N) is 1. The van der Waals surface area contributed by atoms with Crippen LogP contribution in [0, 0.1) is 0 Å². The van der Waals surface area contributed by atoms with Crippen molar-refractivity contribution in [2.24, 2.45) is 0 Å². The van der Waals surface area contributed by atoms with E-state index in [0.29, 0.717) is 0 Å². The molecule has 0 atom stereocenters. The average molecular weight is 588 g/mol. The fourth-order valence-electron chi connectivity index (χ4n) is 6.95. The van der Waals surface area contributed by atoms with Crippen molar-refractivity contribution in [3.05, 3.63) is 176 Å². The monoisotopic (exact) mass is 587 g/mol. The Kier molecular flexibility index (Phi) is 6.17. The molecule has 2 nitrogen and oxygen atoms in total. The summed E-state index contributed by atoms with van der Waals surface area (Å²) >= 11 is 0. The summed E-state index contributed by atoms with van der Waals surface area (Å²) in [5.74, 6) is 0. The van der Waals surface area contributed by atoms with Gasteiger partial charge in [-0.3, -0.25) is 0 Å². The van der Waals surface area contributed by atoms with Gasteiger partial charge in [-0.2, -0.15) is 0 Å². The molecule has 0 amide bonds. The topological polar surface area (TPSA) is 16.4 Å². The van der Waals surface area contributed by atoms with Crippen LogP contribution in [0.4, 0.5) is 17.1 Å². The Labute approximate surface area is 267 Å². The summed E-state index contributed by atoms with van der Waals surface area (Å²) in [5.41, 5.74) is 9.86. The number of rotatable bonds is 5. The summed E-state index contributed by atoms with van der Waals surface area (Å²) in [6.45, 7) is 0. The van der Waals surface area contributed by atoms with Crippen LogP contribution in [0.3, 0.4) is 0 Å². The van der Waals surface area contributed by atoms with Gasteiger partial charge in [0, 0.05) is 33.1 Å². The summed E-state index contributed by atoms with van der Waals surface area (Å²) < 4.78 is 6.57. The van der Waals surface area contributed by atoms with E-state index in [4.69, 9.17) is 4.42 Å². The van der Waals surface area contributed by atoms with Crippen LogP contribution in [-0.4, -0.2) is 0 Å². The van der Waals surface area contributed by atoms with E-state index in [0.717, 1.165) is 55.5 Å².